The Kier molecular flexibility index (Phi) is 3.93. The predicted octanol–water partition coefficient (Wildman–Crippen LogP) is 1.08. The summed E-state index contributed by atoms with van der Waals surface area (Å²) in [5.41, 5.74) is 5.86. The van der Waals surface area contributed by atoms with Gasteiger partial charge in [-0.05, 0) is 33.2 Å². The second-order valence-electron chi connectivity index (χ2n) is 5.01. The minimum atomic E-state index is 0.154. The number of ether oxygens (including phenoxy) is 1. The Morgan fingerprint density at radius 1 is 1.43 bits per heavy atom. The van der Waals surface area contributed by atoms with Crippen molar-refractivity contribution in [1.82, 2.24) is 4.90 Å². The standard InChI is InChI=1S/C11H24N2O/c1-9(7-12)10(2)13-5-6-14-8-11(13,3)4/h9-10H,5-8,12H2,1-4H3. The monoisotopic (exact) mass is 200 g/mol. The first-order valence-corrected chi connectivity index (χ1v) is 5.53. The van der Waals surface area contributed by atoms with E-state index in [1.165, 1.54) is 0 Å². The van der Waals surface area contributed by atoms with Gasteiger partial charge in [0.15, 0.2) is 0 Å². The third kappa shape index (κ3) is 2.47. The number of rotatable bonds is 3. The van der Waals surface area contributed by atoms with Crippen molar-refractivity contribution in [2.24, 2.45) is 11.7 Å². The van der Waals surface area contributed by atoms with Crippen molar-refractivity contribution < 1.29 is 4.74 Å². The van der Waals surface area contributed by atoms with Crippen LogP contribution >= 0.6 is 0 Å². The summed E-state index contributed by atoms with van der Waals surface area (Å²) in [4.78, 5) is 2.52. The normalized spacial score (nSPS) is 27.2. The molecule has 1 aliphatic rings. The van der Waals surface area contributed by atoms with Crippen LogP contribution in [0, 0.1) is 5.92 Å². The molecule has 1 fully saturated rings. The Hall–Kier alpha value is -0.120. The van der Waals surface area contributed by atoms with Crippen LogP contribution in [0.3, 0.4) is 0 Å². The van der Waals surface area contributed by atoms with Gasteiger partial charge < -0.3 is 10.5 Å². The molecule has 1 rings (SSSR count). The molecule has 0 aromatic heterocycles. The van der Waals surface area contributed by atoms with Crippen LogP contribution in [0.15, 0.2) is 0 Å². The van der Waals surface area contributed by atoms with E-state index in [0.717, 1.165) is 26.3 Å². The molecule has 2 N–H and O–H groups in total. The minimum Gasteiger partial charge on any atom is -0.378 e. The van der Waals surface area contributed by atoms with Crippen LogP contribution < -0.4 is 5.73 Å². The molecule has 0 spiro atoms. The van der Waals surface area contributed by atoms with E-state index >= 15 is 0 Å². The van der Waals surface area contributed by atoms with E-state index in [4.69, 9.17) is 10.5 Å². The van der Waals surface area contributed by atoms with Gasteiger partial charge in [0, 0.05) is 18.1 Å². The average Bonchev–Trinajstić information content (AvgIpc) is 2.15. The molecule has 2 atom stereocenters. The van der Waals surface area contributed by atoms with Crippen LogP contribution in [0.1, 0.15) is 27.7 Å². The van der Waals surface area contributed by atoms with Crippen LogP contribution in [0.4, 0.5) is 0 Å². The van der Waals surface area contributed by atoms with Crippen LogP contribution in [-0.2, 0) is 4.74 Å². The van der Waals surface area contributed by atoms with Crippen molar-refractivity contribution in [3.8, 4) is 0 Å². The summed E-state index contributed by atoms with van der Waals surface area (Å²) in [6.07, 6.45) is 0. The van der Waals surface area contributed by atoms with Crippen molar-refractivity contribution in [1.29, 1.82) is 0 Å². The van der Waals surface area contributed by atoms with Crippen LogP contribution in [0.2, 0.25) is 0 Å². The molecular weight excluding hydrogens is 176 g/mol. The fourth-order valence-electron chi connectivity index (χ4n) is 2.13. The summed E-state index contributed by atoms with van der Waals surface area (Å²) in [5, 5.41) is 0. The van der Waals surface area contributed by atoms with Crippen LogP contribution in [-0.4, -0.2) is 42.8 Å². The first-order chi connectivity index (χ1) is 6.49. The largest absolute Gasteiger partial charge is 0.378 e. The molecule has 0 aliphatic carbocycles. The third-order valence-electron chi connectivity index (χ3n) is 3.40. The summed E-state index contributed by atoms with van der Waals surface area (Å²) in [7, 11) is 0. The molecule has 1 heterocycles. The van der Waals surface area contributed by atoms with Crippen molar-refractivity contribution >= 4 is 0 Å². The molecule has 14 heavy (non-hydrogen) atoms. The molecule has 0 saturated carbocycles. The number of nitrogens with zero attached hydrogens (tertiary/aromatic N) is 1. The zero-order valence-electron chi connectivity index (χ0n) is 9.92. The first-order valence-electron chi connectivity index (χ1n) is 5.53. The lowest BCUT2D eigenvalue weighted by Crippen LogP contribution is -2.58. The summed E-state index contributed by atoms with van der Waals surface area (Å²) in [5.74, 6) is 0.548. The van der Waals surface area contributed by atoms with E-state index in [-0.39, 0.29) is 5.54 Å². The van der Waals surface area contributed by atoms with E-state index in [9.17, 15) is 0 Å². The summed E-state index contributed by atoms with van der Waals surface area (Å²) < 4.78 is 5.51. The Bertz CT molecular complexity index is 182. The van der Waals surface area contributed by atoms with Crippen molar-refractivity contribution in [3.05, 3.63) is 0 Å². The SMILES string of the molecule is CC(CN)C(C)N1CCOCC1(C)C. The lowest BCUT2D eigenvalue weighted by Gasteiger charge is -2.47. The first kappa shape index (κ1) is 12.0. The molecule has 0 bridgehead atoms. The topological polar surface area (TPSA) is 38.5 Å². The number of nitrogens with two attached hydrogens (primary N) is 1. The van der Waals surface area contributed by atoms with E-state index in [1.54, 1.807) is 0 Å². The lowest BCUT2D eigenvalue weighted by atomic mass is 9.94. The third-order valence-corrected chi connectivity index (χ3v) is 3.40. The summed E-state index contributed by atoms with van der Waals surface area (Å²) in [6, 6.07) is 0.541. The van der Waals surface area contributed by atoms with Crippen LogP contribution in [0.5, 0.6) is 0 Å². The molecule has 0 amide bonds. The molecule has 1 saturated heterocycles. The summed E-state index contributed by atoms with van der Waals surface area (Å²) in [6.45, 7) is 12.4. The van der Waals surface area contributed by atoms with E-state index in [1.807, 2.05) is 0 Å². The highest BCUT2D eigenvalue weighted by atomic mass is 16.5. The predicted molar refractivity (Wildman–Crippen MR) is 59.3 cm³/mol. The van der Waals surface area contributed by atoms with Gasteiger partial charge >= 0.3 is 0 Å². The van der Waals surface area contributed by atoms with Gasteiger partial charge in [-0.25, -0.2) is 0 Å². The highest BCUT2D eigenvalue weighted by molar-refractivity contribution is 4.89. The Morgan fingerprint density at radius 2 is 2.07 bits per heavy atom. The fraction of sp³-hybridized carbons (Fsp3) is 1.00. The van der Waals surface area contributed by atoms with Gasteiger partial charge in [-0.2, -0.15) is 0 Å². The number of morpholine rings is 1. The van der Waals surface area contributed by atoms with Gasteiger partial charge in [0.2, 0.25) is 0 Å². The molecule has 0 aromatic rings. The Balaban J connectivity index is 2.64. The maximum Gasteiger partial charge on any atom is 0.0645 e. The van der Waals surface area contributed by atoms with Crippen molar-refractivity contribution in [2.45, 2.75) is 39.3 Å². The summed E-state index contributed by atoms with van der Waals surface area (Å²) >= 11 is 0. The average molecular weight is 200 g/mol. The highest BCUT2D eigenvalue weighted by Crippen LogP contribution is 2.24. The van der Waals surface area contributed by atoms with E-state index in [2.05, 4.69) is 32.6 Å². The molecule has 1 aliphatic heterocycles. The smallest absolute Gasteiger partial charge is 0.0645 e. The highest BCUT2D eigenvalue weighted by Gasteiger charge is 2.35. The molecule has 3 nitrogen and oxygen atoms in total. The second kappa shape index (κ2) is 4.60. The Morgan fingerprint density at radius 3 is 2.57 bits per heavy atom. The van der Waals surface area contributed by atoms with Gasteiger partial charge in [0.1, 0.15) is 0 Å². The molecule has 2 unspecified atom stereocenters. The second-order valence-corrected chi connectivity index (χ2v) is 5.01. The zero-order valence-corrected chi connectivity index (χ0v) is 9.92. The van der Waals surface area contributed by atoms with E-state index < -0.39 is 0 Å². The minimum absolute atomic E-state index is 0.154. The van der Waals surface area contributed by atoms with Gasteiger partial charge in [0.25, 0.3) is 0 Å². The number of hydrogen-bond donors (Lipinski definition) is 1. The van der Waals surface area contributed by atoms with Gasteiger partial charge in [0.05, 0.1) is 13.2 Å². The maximum absolute atomic E-state index is 5.71. The lowest BCUT2D eigenvalue weighted by molar-refractivity contribution is -0.0770. The Labute approximate surface area is 87.6 Å². The van der Waals surface area contributed by atoms with Gasteiger partial charge in [-0.15, -0.1) is 0 Å². The van der Waals surface area contributed by atoms with E-state index in [0.29, 0.717) is 12.0 Å². The zero-order chi connectivity index (χ0) is 10.8. The van der Waals surface area contributed by atoms with Crippen molar-refractivity contribution in [3.63, 3.8) is 0 Å². The van der Waals surface area contributed by atoms with Gasteiger partial charge in [-0.1, -0.05) is 6.92 Å². The molecule has 3 heteroatoms. The maximum atomic E-state index is 5.71. The fourth-order valence-corrected chi connectivity index (χ4v) is 2.13. The number of hydrogen-bond acceptors (Lipinski definition) is 3. The van der Waals surface area contributed by atoms with Gasteiger partial charge in [-0.3, -0.25) is 4.90 Å². The molecular formula is C11H24N2O. The van der Waals surface area contributed by atoms with Crippen LogP contribution in [0.25, 0.3) is 0 Å². The molecule has 0 radical (unpaired) electrons. The van der Waals surface area contributed by atoms with Crippen molar-refractivity contribution in [2.75, 3.05) is 26.3 Å². The molecule has 0 aromatic carbocycles. The quantitative estimate of drug-likeness (QED) is 0.741. The molecule has 84 valence electrons.